The highest BCUT2D eigenvalue weighted by molar-refractivity contribution is 4.47. The second kappa shape index (κ2) is 5.06. The van der Waals surface area contributed by atoms with Crippen LogP contribution in [-0.2, 0) is 4.74 Å². The summed E-state index contributed by atoms with van der Waals surface area (Å²) in [6.45, 7) is 6.39. The number of ether oxygens (including phenoxy) is 1. The molecule has 0 aromatic heterocycles. The van der Waals surface area contributed by atoms with E-state index < -0.39 is 0 Å². The monoisotopic (exact) mass is 116 g/mol. The Hall–Kier alpha value is -0.0800. The molecular weight excluding hydrogens is 102 g/mol. The fourth-order valence-corrected chi connectivity index (χ4v) is 0.353. The van der Waals surface area contributed by atoms with Gasteiger partial charge in [-0.1, -0.05) is 6.92 Å². The SMILES string of the molecule is [CH2]CC(N)OCCC. The lowest BCUT2D eigenvalue weighted by Crippen LogP contribution is -2.22. The van der Waals surface area contributed by atoms with Crippen molar-refractivity contribution in [3.8, 4) is 0 Å². The molecule has 49 valence electrons. The standard InChI is InChI=1S/C6H14NO/c1-3-5-8-6(7)4-2/h6H,2-5,7H2,1H3. The molecule has 0 spiro atoms. The fraction of sp³-hybridized carbons (Fsp3) is 0.833. The predicted octanol–water partition coefficient (Wildman–Crippen LogP) is 0.922. The highest BCUT2D eigenvalue weighted by atomic mass is 16.5. The third kappa shape index (κ3) is 4.09. The van der Waals surface area contributed by atoms with Gasteiger partial charge in [0.05, 0.1) is 0 Å². The summed E-state index contributed by atoms with van der Waals surface area (Å²) in [5.41, 5.74) is 5.37. The Morgan fingerprint density at radius 1 is 1.75 bits per heavy atom. The van der Waals surface area contributed by atoms with Gasteiger partial charge in [-0.3, -0.25) is 0 Å². The summed E-state index contributed by atoms with van der Waals surface area (Å²) in [7, 11) is 0. The summed E-state index contributed by atoms with van der Waals surface area (Å²) >= 11 is 0. The zero-order valence-electron chi connectivity index (χ0n) is 5.39. The summed E-state index contributed by atoms with van der Waals surface area (Å²) < 4.78 is 5.06. The predicted molar refractivity (Wildman–Crippen MR) is 34.2 cm³/mol. The van der Waals surface area contributed by atoms with E-state index in [0.717, 1.165) is 13.0 Å². The van der Waals surface area contributed by atoms with E-state index >= 15 is 0 Å². The maximum Gasteiger partial charge on any atom is 0.105 e. The van der Waals surface area contributed by atoms with Gasteiger partial charge in [0, 0.05) is 6.61 Å². The normalized spacial score (nSPS) is 13.9. The van der Waals surface area contributed by atoms with Crippen molar-refractivity contribution < 1.29 is 4.74 Å². The van der Waals surface area contributed by atoms with E-state index in [0.29, 0.717) is 6.42 Å². The van der Waals surface area contributed by atoms with Gasteiger partial charge in [0.25, 0.3) is 0 Å². The molecule has 1 unspecified atom stereocenters. The Bertz CT molecular complexity index is 47.8. The largest absolute Gasteiger partial charge is 0.364 e. The fourth-order valence-electron chi connectivity index (χ4n) is 0.353. The first-order valence-corrected chi connectivity index (χ1v) is 2.97. The van der Waals surface area contributed by atoms with Gasteiger partial charge in [0.2, 0.25) is 0 Å². The van der Waals surface area contributed by atoms with Crippen LogP contribution in [0.25, 0.3) is 0 Å². The van der Waals surface area contributed by atoms with E-state index in [9.17, 15) is 0 Å². The van der Waals surface area contributed by atoms with Crippen LogP contribution in [0.2, 0.25) is 0 Å². The molecule has 2 N–H and O–H groups in total. The van der Waals surface area contributed by atoms with Crippen molar-refractivity contribution in [2.45, 2.75) is 26.0 Å². The molecule has 0 aromatic rings. The Morgan fingerprint density at radius 3 is 2.75 bits per heavy atom. The van der Waals surface area contributed by atoms with Crippen molar-refractivity contribution in [2.75, 3.05) is 6.61 Å². The van der Waals surface area contributed by atoms with Crippen molar-refractivity contribution in [3.05, 3.63) is 6.92 Å². The quantitative estimate of drug-likeness (QED) is 0.554. The van der Waals surface area contributed by atoms with Crippen LogP contribution in [0, 0.1) is 6.92 Å². The van der Waals surface area contributed by atoms with Crippen LogP contribution in [0.4, 0.5) is 0 Å². The molecule has 0 rings (SSSR count). The van der Waals surface area contributed by atoms with E-state index in [1.807, 2.05) is 0 Å². The summed E-state index contributed by atoms with van der Waals surface area (Å²) in [6, 6.07) is 0. The third-order valence-corrected chi connectivity index (χ3v) is 0.821. The maximum atomic E-state index is 5.37. The molecular formula is C6H14NO. The van der Waals surface area contributed by atoms with Gasteiger partial charge >= 0.3 is 0 Å². The van der Waals surface area contributed by atoms with Crippen molar-refractivity contribution >= 4 is 0 Å². The average molecular weight is 116 g/mol. The van der Waals surface area contributed by atoms with E-state index in [4.69, 9.17) is 10.5 Å². The number of nitrogens with two attached hydrogens (primary N) is 1. The van der Waals surface area contributed by atoms with Crippen LogP contribution in [0.3, 0.4) is 0 Å². The molecule has 2 nitrogen and oxygen atoms in total. The van der Waals surface area contributed by atoms with Gasteiger partial charge in [0.1, 0.15) is 6.23 Å². The Labute approximate surface area is 51.0 Å². The molecule has 0 heterocycles. The molecule has 0 fully saturated rings. The molecule has 0 aliphatic carbocycles. The van der Waals surface area contributed by atoms with Crippen molar-refractivity contribution in [1.82, 2.24) is 0 Å². The maximum absolute atomic E-state index is 5.37. The van der Waals surface area contributed by atoms with E-state index in [-0.39, 0.29) is 6.23 Å². The zero-order chi connectivity index (χ0) is 6.41. The van der Waals surface area contributed by atoms with Crippen molar-refractivity contribution in [2.24, 2.45) is 5.73 Å². The number of rotatable bonds is 4. The molecule has 0 aromatic carbocycles. The summed E-state index contributed by atoms with van der Waals surface area (Å²) in [5.74, 6) is 0. The Balaban J connectivity index is 2.86. The smallest absolute Gasteiger partial charge is 0.105 e. The first kappa shape index (κ1) is 7.92. The molecule has 0 amide bonds. The lowest BCUT2D eigenvalue weighted by molar-refractivity contribution is 0.0599. The molecule has 0 bridgehead atoms. The van der Waals surface area contributed by atoms with Crippen molar-refractivity contribution in [1.29, 1.82) is 0 Å². The minimum Gasteiger partial charge on any atom is -0.364 e. The molecule has 0 saturated heterocycles. The summed E-state index contributed by atoms with van der Waals surface area (Å²) in [4.78, 5) is 0. The van der Waals surface area contributed by atoms with Gasteiger partial charge in [-0.15, -0.1) is 0 Å². The molecule has 0 aliphatic rings. The van der Waals surface area contributed by atoms with E-state index in [1.165, 1.54) is 0 Å². The van der Waals surface area contributed by atoms with Crippen LogP contribution >= 0.6 is 0 Å². The minimum absolute atomic E-state index is 0.157. The molecule has 0 saturated carbocycles. The van der Waals surface area contributed by atoms with E-state index in [1.54, 1.807) is 0 Å². The van der Waals surface area contributed by atoms with Crippen LogP contribution in [0.1, 0.15) is 19.8 Å². The van der Waals surface area contributed by atoms with Crippen LogP contribution < -0.4 is 5.73 Å². The summed E-state index contributed by atoms with van der Waals surface area (Å²) in [6.07, 6.45) is 1.52. The van der Waals surface area contributed by atoms with E-state index in [2.05, 4.69) is 13.8 Å². The molecule has 2 heteroatoms. The highest BCUT2D eigenvalue weighted by Crippen LogP contribution is 1.88. The van der Waals surface area contributed by atoms with Crippen LogP contribution in [0.5, 0.6) is 0 Å². The van der Waals surface area contributed by atoms with Gasteiger partial charge in [-0.05, 0) is 19.8 Å². The minimum atomic E-state index is -0.157. The van der Waals surface area contributed by atoms with Gasteiger partial charge in [-0.2, -0.15) is 0 Å². The average Bonchev–Trinajstić information content (AvgIpc) is 1.83. The number of hydrogen-bond acceptors (Lipinski definition) is 2. The van der Waals surface area contributed by atoms with Gasteiger partial charge in [0.15, 0.2) is 0 Å². The first-order valence-electron chi connectivity index (χ1n) is 2.97. The lowest BCUT2D eigenvalue weighted by Gasteiger charge is -2.07. The molecule has 0 aliphatic heterocycles. The van der Waals surface area contributed by atoms with Gasteiger partial charge in [-0.25, -0.2) is 0 Å². The molecule has 1 atom stereocenters. The second-order valence-corrected chi connectivity index (χ2v) is 1.70. The number of hydrogen-bond donors (Lipinski definition) is 1. The highest BCUT2D eigenvalue weighted by Gasteiger charge is 1.93. The zero-order valence-corrected chi connectivity index (χ0v) is 5.39. The molecule has 8 heavy (non-hydrogen) atoms. The lowest BCUT2D eigenvalue weighted by atomic mass is 10.4. The van der Waals surface area contributed by atoms with Crippen LogP contribution in [-0.4, -0.2) is 12.8 Å². The van der Waals surface area contributed by atoms with Crippen molar-refractivity contribution in [3.63, 3.8) is 0 Å². The van der Waals surface area contributed by atoms with Crippen LogP contribution in [0.15, 0.2) is 0 Å². The topological polar surface area (TPSA) is 35.2 Å². The molecule has 1 radical (unpaired) electrons. The second-order valence-electron chi connectivity index (χ2n) is 1.70. The summed E-state index contributed by atoms with van der Waals surface area (Å²) in [5, 5.41) is 0. The van der Waals surface area contributed by atoms with Gasteiger partial charge < -0.3 is 10.5 Å². The first-order chi connectivity index (χ1) is 3.81. The Morgan fingerprint density at radius 2 is 2.38 bits per heavy atom. The Kier molecular flexibility index (Phi) is 5.01. The third-order valence-electron chi connectivity index (χ3n) is 0.821.